The Hall–Kier alpha value is -5.32. The van der Waals surface area contributed by atoms with Crippen LogP contribution in [0.5, 0.6) is 0 Å². The van der Waals surface area contributed by atoms with Crippen LogP contribution >= 0.6 is 0 Å². The van der Waals surface area contributed by atoms with E-state index >= 15 is 0 Å². The summed E-state index contributed by atoms with van der Waals surface area (Å²) in [4.78, 5) is 10.7. The molecule has 0 spiro atoms. The normalized spacial score (nSPS) is 13.4. The number of fused-ring (bicyclic) bond motifs is 7. The van der Waals surface area contributed by atoms with Crippen LogP contribution in [0.25, 0.3) is 72.2 Å². The van der Waals surface area contributed by atoms with Gasteiger partial charge in [-0.15, -0.1) is 0 Å². The summed E-state index contributed by atoms with van der Waals surface area (Å²) in [6.07, 6.45) is 0. The Morgan fingerprint density at radius 3 is 1.95 bits per heavy atom. The minimum absolute atomic E-state index is 0.775. The van der Waals surface area contributed by atoms with E-state index in [1.165, 1.54) is 48.5 Å². The molecule has 44 heavy (non-hydrogen) atoms. The maximum absolute atomic E-state index is 5.40. The molecule has 2 aromatic heterocycles. The second-order valence-corrected chi connectivity index (χ2v) is 16.6. The van der Waals surface area contributed by atoms with Gasteiger partial charge in [-0.25, -0.2) is 9.97 Å². The third kappa shape index (κ3) is 3.61. The van der Waals surface area contributed by atoms with Gasteiger partial charge in [0.05, 0.1) is 22.4 Å². The molecule has 0 unspecified atom stereocenters. The predicted molar refractivity (Wildman–Crippen MR) is 187 cm³/mol. The van der Waals surface area contributed by atoms with Gasteiger partial charge in [-0.05, 0) is 57.5 Å². The van der Waals surface area contributed by atoms with Crippen molar-refractivity contribution in [2.24, 2.45) is 0 Å². The summed E-state index contributed by atoms with van der Waals surface area (Å²) in [5.74, 6) is 0.775. The van der Waals surface area contributed by atoms with Gasteiger partial charge >= 0.3 is 0 Å². The van der Waals surface area contributed by atoms with Gasteiger partial charge in [-0.3, -0.25) is 0 Å². The maximum Gasteiger partial charge on any atom is 0.160 e. The first-order chi connectivity index (χ1) is 21.6. The average molecular weight is 580 g/mol. The molecule has 0 N–H and O–H groups in total. The zero-order valence-corrected chi connectivity index (χ0v) is 25.6. The topological polar surface area (TPSA) is 30.7 Å². The first-order valence-electron chi connectivity index (χ1n) is 15.2. The smallest absolute Gasteiger partial charge is 0.160 e. The number of aromatic nitrogens is 3. The van der Waals surface area contributed by atoms with Crippen LogP contribution in [0.15, 0.2) is 140 Å². The first kappa shape index (κ1) is 25.2. The fourth-order valence-electron chi connectivity index (χ4n) is 7.24. The van der Waals surface area contributed by atoms with Gasteiger partial charge in [0.25, 0.3) is 0 Å². The lowest BCUT2D eigenvalue weighted by molar-refractivity contribution is 1.18. The Morgan fingerprint density at radius 2 is 1.16 bits per heavy atom. The number of rotatable bonds is 3. The number of nitrogens with zero attached hydrogens (tertiary/aromatic N) is 3. The highest BCUT2D eigenvalue weighted by atomic mass is 28.3. The van der Waals surface area contributed by atoms with E-state index < -0.39 is 8.07 Å². The minimum Gasteiger partial charge on any atom is -0.309 e. The number of benzene rings is 6. The van der Waals surface area contributed by atoms with Gasteiger partial charge in [0, 0.05) is 33.2 Å². The Balaban J connectivity index is 1.35. The van der Waals surface area contributed by atoms with E-state index in [1.807, 2.05) is 6.07 Å². The van der Waals surface area contributed by atoms with E-state index in [9.17, 15) is 0 Å². The second kappa shape index (κ2) is 9.34. The van der Waals surface area contributed by atoms with Gasteiger partial charge in [-0.2, -0.15) is 0 Å². The number of hydrogen-bond donors (Lipinski definition) is 0. The quantitative estimate of drug-likeness (QED) is 0.196. The molecule has 8 aromatic rings. The van der Waals surface area contributed by atoms with Crippen molar-refractivity contribution >= 4 is 51.0 Å². The Labute approximate surface area is 257 Å². The van der Waals surface area contributed by atoms with Crippen LogP contribution in [-0.4, -0.2) is 22.6 Å². The minimum atomic E-state index is -2.15. The van der Waals surface area contributed by atoms with Crippen molar-refractivity contribution in [2.75, 3.05) is 0 Å². The van der Waals surface area contributed by atoms with Crippen LogP contribution < -0.4 is 10.4 Å². The van der Waals surface area contributed by atoms with Crippen molar-refractivity contribution in [3.63, 3.8) is 0 Å². The molecule has 3 heterocycles. The molecule has 0 amide bonds. The van der Waals surface area contributed by atoms with E-state index in [4.69, 9.17) is 9.97 Å². The van der Waals surface area contributed by atoms with Crippen molar-refractivity contribution < 1.29 is 0 Å². The summed E-state index contributed by atoms with van der Waals surface area (Å²) < 4.78 is 2.37. The highest BCUT2D eigenvalue weighted by Gasteiger charge is 2.42. The largest absolute Gasteiger partial charge is 0.309 e. The Morgan fingerprint density at radius 1 is 0.523 bits per heavy atom. The molecule has 9 rings (SSSR count). The van der Waals surface area contributed by atoms with Gasteiger partial charge < -0.3 is 4.57 Å². The van der Waals surface area contributed by atoms with E-state index in [1.54, 1.807) is 0 Å². The van der Waals surface area contributed by atoms with Gasteiger partial charge in [0.2, 0.25) is 0 Å². The fourth-order valence-corrected chi connectivity index (χ4v) is 10.5. The lowest BCUT2D eigenvalue weighted by atomic mass is 10.0. The van der Waals surface area contributed by atoms with Crippen molar-refractivity contribution in [3.8, 4) is 39.6 Å². The van der Waals surface area contributed by atoms with Crippen LogP contribution in [-0.2, 0) is 0 Å². The summed E-state index contributed by atoms with van der Waals surface area (Å²) in [6.45, 7) is 4.92. The van der Waals surface area contributed by atoms with Crippen molar-refractivity contribution in [2.45, 2.75) is 13.1 Å². The molecule has 3 nitrogen and oxygen atoms in total. The van der Waals surface area contributed by atoms with Crippen molar-refractivity contribution in [3.05, 3.63) is 140 Å². The summed E-state index contributed by atoms with van der Waals surface area (Å²) in [5.41, 5.74) is 9.16. The average Bonchev–Trinajstić information content (AvgIpc) is 3.52. The molecule has 4 heteroatoms. The highest BCUT2D eigenvalue weighted by Crippen LogP contribution is 2.38. The molecule has 0 bridgehead atoms. The van der Waals surface area contributed by atoms with Gasteiger partial charge in [-0.1, -0.05) is 116 Å². The Kier molecular flexibility index (Phi) is 5.35. The monoisotopic (exact) mass is 579 g/mol. The fraction of sp³-hybridized carbons (Fsp3) is 0.0500. The van der Waals surface area contributed by atoms with Crippen LogP contribution in [0, 0.1) is 0 Å². The van der Waals surface area contributed by atoms with E-state index in [0.717, 1.165) is 34.0 Å². The predicted octanol–water partition coefficient (Wildman–Crippen LogP) is 8.86. The zero-order valence-electron chi connectivity index (χ0n) is 24.6. The summed E-state index contributed by atoms with van der Waals surface area (Å²) in [5, 5.41) is 7.78. The van der Waals surface area contributed by atoms with E-state index in [0.29, 0.717) is 0 Å². The zero-order chi connectivity index (χ0) is 29.4. The third-order valence-electron chi connectivity index (χ3n) is 9.34. The van der Waals surface area contributed by atoms with Crippen LogP contribution in [0.3, 0.4) is 0 Å². The molecule has 0 aliphatic carbocycles. The molecule has 208 valence electrons. The lowest BCUT2D eigenvalue weighted by Crippen LogP contribution is -2.50. The molecule has 0 fully saturated rings. The first-order valence-corrected chi connectivity index (χ1v) is 18.2. The van der Waals surface area contributed by atoms with Crippen LogP contribution in [0.2, 0.25) is 13.1 Å². The van der Waals surface area contributed by atoms with Crippen molar-refractivity contribution in [1.29, 1.82) is 0 Å². The molecular weight excluding hydrogens is 551 g/mol. The second-order valence-electron chi connectivity index (χ2n) is 12.3. The van der Waals surface area contributed by atoms with E-state index in [2.05, 4.69) is 151 Å². The maximum atomic E-state index is 5.40. The molecule has 1 aliphatic rings. The summed E-state index contributed by atoms with van der Waals surface area (Å²) in [6, 6.07) is 50.1. The molecule has 1 aliphatic heterocycles. The lowest BCUT2D eigenvalue weighted by Gasteiger charge is -2.22. The molecule has 0 saturated carbocycles. The summed E-state index contributed by atoms with van der Waals surface area (Å²) in [7, 11) is -2.15. The molecule has 0 saturated heterocycles. The van der Waals surface area contributed by atoms with Crippen molar-refractivity contribution in [1.82, 2.24) is 14.5 Å². The van der Waals surface area contributed by atoms with Crippen LogP contribution in [0.4, 0.5) is 0 Å². The molecule has 0 radical (unpaired) electrons. The number of para-hydroxylation sites is 2. The third-order valence-corrected chi connectivity index (χ3v) is 12.8. The highest BCUT2D eigenvalue weighted by molar-refractivity contribution is 7.04. The molecular formula is C40H29N3Si. The molecule has 6 aromatic carbocycles. The SMILES string of the molecule is C[Si]1(C)c2cc3ccccc3cc2-c2nc(-c3ccccc3)nc(-c3ccc4c(c3)c3ccccc3n4-c3ccccc3)c21. The summed E-state index contributed by atoms with van der Waals surface area (Å²) >= 11 is 0. The van der Waals surface area contributed by atoms with Crippen LogP contribution in [0.1, 0.15) is 0 Å². The number of hydrogen-bond acceptors (Lipinski definition) is 2. The Bertz CT molecular complexity index is 2410. The standard InChI is InChI=1S/C40H29N3Si/c1-44(2)36-25-28-16-10-9-15-27(28)23-33(36)38-39(44)37(41-40(42-38)26-13-5-3-6-14-26)29-21-22-35-32(24-29)31-19-11-12-20-34(31)43(35)30-17-7-4-8-18-30/h3-25H,1-2H3. The molecule has 0 atom stereocenters. The van der Waals surface area contributed by atoms with Gasteiger partial charge in [0.15, 0.2) is 5.82 Å². The van der Waals surface area contributed by atoms with E-state index in [-0.39, 0.29) is 0 Å². The van der Waals surface area contributed by atoms with Gasteiger partial charge in [0.1, 0.15) is 8.07 Å².